The summed E-state index contributed by atoms with van der Waals surface area (Å²) in [5.41, 5.74) is -0.0629. The van der Waals surface area contributed by atoms with Crippen LogP contribution in [0.2, 0.25) is 0 Å². The maximum Gasteiger partial charge on any atom is 0.309 e. The van der Waals surface area contributed by atoms with Gasteiger partial charge >= 0.3 is 11.8 Å². The molecule has 0 aromatic carbocycles. The smallest absolute Gasteiger partial charge is 0.309 e. The van der Waals surface area contributed by atoms with Crippen molar-refractivity contribution in [1.29, 1.82) is 0 Å². The first-order chi connectivity index (χ1) is 10.1. The number of unbranched alkanes of at least 4 members (excludes halogenated alkanes) is 2. The zero-order valence-electron chi connectivity index (χ0n) is 13.1. The number of amides is 2. The van der Waals surface area contributed by atoms with E-state index in [4.69, 9.17) is 0 Å². The minimum Gasteiger partial charge on any atom is -0.348 e. The molecule has 0 atom stereocenters. The van der Waals surface area contributed by atoms with E-state index in [1.54, 1.807) is 0 Å². The maximum atomic E-state index is 12.2. The molecule has 2 N–H and O–H groups in total. The van der Waals surface area contributed by atoms with E-state index in [0.717, 1.165) is 56.3 Å². The van der Waals surface area contributed by atoms with Crippen molar-refractivity contribution in [3.05, 3.63) is 0 Å². The number of nitrogens with one attached hydrogen (secondary N) is 2. The number of hydrogen-bond acceptors (Lipinski definition) is 2. The van der Waals surface area contributed by atoms with Gasteiger partial charge < -0.3 is 10.6 Å². The second kappa shape index (κ2) is 5.98. The van der Waals surface area contributed by atoms with E-state index in [9.17, 15) is 9.59 Å². The maximum absolute atomic E-state index is 12.2. The van der Waals surface area contributed by atoms with Gasteiger partial charge in [0.05, 0.1) is 0 Å². The molecule has 4 fully saturated rings. The van der Waals surface area contributed by atoms with Crippen molar-refractivity contribution < 1.29 is 9.59 Å². The summed E-state index contributed by atoms with van der Waals surface area (Å²) in [7, 11) is 0. The minimum absolute atomic E-state index is 0.0629. The Labute approximate surface area is 127 Å². The van der Waals surface area contributed by atoms with Gasteiger partial charge in [-0.25, -0.2) is 0 Å². The quantitative estimate of drug-likeness (QED) is 0.604. The van der Waals surface area contributed by atoms with Crippen LogP contribution in [0.5, 0.6) is 0 Å². The Kier molecular flexibility index (Phi) is 4.23. The molecule has 4 aliphatic carbocycles. The van der Waals surface area contributed by atoms with E-state index < -0.39 is 11.8 Å². The molecule has 0 heterocycles. The Bertz CT molecular complexity index is 384. The van der Waals surface area contributed by atoms with Gasteiger partial charge in [0, 0.05) is 12.1 Å². The highest BCUT2D eigenvalue weighted by Crippen LogP contribution is 2.55. The van der Waals surface area contributed by atoms with Crippen molar-refractivity contribution in [2.24, 2.45) is 17.8 Å². The SMILES string of the molecule is CCCCCNC(=O)C(=O)NC12CC3CC(CC(C3)C1)C2. The summed E-state index contributed by atoms with van der Waals surface area (Å²) in [6, 6.07) is 0. The molecular weight excluding hydrogens is 264 g/mol. The van der Waals surface area contributed by atoms with Gasteiger partial charge in [0.2, 0.25) is 0 Å². The van der Waals surface area contributed by atoms with Crippen LogP contribution in [-0.2, 0) is 9.59 Å². The van der Waals surface area contributed by atoms with Crippen molar-refractivity contribution in [3.8, 4) is 0 Å². The molecule has 0 saturated heterocycles. The third kappa shape index (κ3) is 3.24. The van der Waals surface area contributed by atoms with Gasteiger partial charge in [0.1, 0.15) is 0 Å². The fraction of sp³-hybridized carbons (Fsp3) is 0.882. The molecule has 4 nitrogen and oxygen atoms in total. The second-order valence-electron chi connectivity index (χ2n) is 7.62. The lowest BCUT2D eigenvalue weighted by Crippen LogP contribution is -2.61. The molecule has 0 aromatic heterocycles. The number of rotatable bonds is 5. The van der Waals surface area contributed by atoms with Gasteiger partial charge in [0.25, 0.3) is 0 Å². The lowest BCUT2D eigenvalue weighted by molar-refractivity contribution is -0.142. The monoisotopic (exact) mass is 292 g/mol. The van der Waals surface area contributed by atoms with E-state index in [0.29, 0.717) is 6.54 Å². The van der Waals surface area contributed by atoms with E-state index in [1.165, 1.54) is 19.3 Å². The molecule has 0 unspecified atom stereocenters. The Morgan fingerprint density at radius 2 is 1.52 bits per heavy atom. The first-order valence-corrected chi connectivity index (χ1v) is 8.70. The van der Waals surface area contributed by atoms with Crippen LogP contribution < -0.4 is 10.6 Å². The number of carbonyl (C=O) groups excluding carboxylic acids is 2. The fourth-order valence-corrected chi connectivity index (χ4v) is 5.22. The Morgan fingerprint density at radius 3 is 2.05 bits per heavy atom. The van der Waals surface area contributed by atoms with Crippen LogP contribution in [0.4, 0.5) is 0 Å². The molecule has 0 radical (unpaired) electrons. The van der Waals surface area contributed by atoms with Gasteiger partial charge in [-0.2, -0.15) is 0 Å². The summed E-state index contributed by atoms with van der Waals surface area (Å²) in [5, 5.41) is 5.86. The van der Waals surface area contributed by atoms with Gasteiger partial charge in [-0.3, -0.25) is 9.59 Å². The topological polar surface area (TPSA) is 58.2 Å². The highest BCUT2D eigenvalue weighted by Gasteiger charge is 2.51. The van der Waals surface area contributed by atoms with Crippen LogP contribution >= 0.6 is 0 Å². The number of hydrogen-bond donors (Lipinski definition) is 2. The standard InChI is InChI=1S/C17H28N2O2/c1-2-3-4-5-18-15(20)16(21)19-17-9-12-6-13(10-17)8-14(7-12)11-17/h12-14H,2-11H2,1H3,(H,18,20)(H,19,21). The highest BCUT2D eigenvalue weighted by atomic mass is 16.2. The molecular formula is C17H28N2O2. The molecule has 21 heavy (non-hydrogen) atoms. The van der Waals surface area contributed by atoms with Crippen molar-refractivity contribution in [1.82, 2.24) is 10.6 Å². The molecule has 0 spiro atoms. The summed E-state index contributed by atoms with van der Waals surface area (Å²) in [6.45, 7) is 2.74. The molecule has 4 saturated carbocycles. The van der Waals surface area contributed by atoms with Gasteiger partial charge in [-0.15, -0.1) is 0 Å². The van der Waals surface area contributed by atoms with Crippen molar-refractivity contribution >= 4 is 11.8 Å². The zero-order chi connectivity index (χ0) is 14.9. The first-order valence-electron chi connectivity index (χ1n) is 8.70. The third-order valence-electron chi connectivity index (χ3n) is 5.69. The summed E-state index contributed by atoms with van der Waals surface area (Å²) in [6.07, 6.45) is 10.5. The Morgan fingerprint density at radius 1 is 0.952 bits per heavy atom. The fourth-order valence-electron chi connectivity index (χ4n) is 5.22. The summed E-state index contributed by atoms with van der Waals surface area (Å²) < 4.78 is 0. The van der Waals surface area contributed by atoms with Crippen LogP contribution in [0.25, 0.3) is 0 Å². The highest BCUT2D eigenvalue weighted by molar-refractivity contribution is 6.35. The molecule has 4 aliphatic rings. The van der Waals surface area contributed by atoms with Crippen LogP contribution in [0.1, 0.15) is 64.7 Å². The van der Waals surface area contributed by atoms with E-state index in [-0.39, 0.29) is 5.54 Å². The Hall–Kier alpha value is -1.06. The molecule has 0 aliphatic heterocycles. The average Bonchev–Trinajstić information content (AvgIpc) is 2.41. The predicted octanol–water partition coefficient (Wildman–Crippen LogP) is 2.38. The molecule has 4 rings (SSSR count). The lowest BCUT2D eigenvalue weighted by Gasteiger charge is -2.56. The molecule has 0 aromatic rings. The molecule has 4 heteroatoms. The van der Waals surface area contributed by atoms with E-state index in [1.807, 2.05) is 0 Å². The van der Waals surface area contributed by atoms with Crippen molar-refractivity contribution in [2.75, 3.05) is 6.54 Å². The summed E-state index contributed by atoms with van der Waals surface area (Å²) >= 11 is 0. The normalized spacial score (nSPS) is 36.5. The van der Waals surface area contributed by atoms with Crippen LogP contribution in [0, 0.1) is 17.8 Å². The van der Waals surface area contributed by atoms with Crippen LogP contribution in [0.3, 0.4) is 0 Å². The van der Waals surface area contributed by atoms with Crippen molar-refractivity contribution in [3.63, 3.8) is 0 Å². The second-order valence-corrected chi connectivity index (χ2v) is 7.62. The molecule has 4 bridgehead atoms. The zero-order valence-corrected chi connectivity index (χ0v) is 13.1. The van der Waals surface area contributed by atoms with Gasteiger partial charge in [-0.1, -0.05) is 19.8 Å². The van der Waals surface area contributed by atoms with E-state index >= 15 is 0 Å². The predicted molar refractivity (Wildman–Crippen MR) is 81.6 cm³/mol. The summed E-state index contributed by atoms with van der Waals surface area (Å²) in [5.74, 6) is 1.49. The first kappa shape index (κ1) is 14.9. The van der Waals surface area contributed by atoms with Crippen LogP contribution in [0.15, 0.2) is 0 Å². The average molecular weight is 292 g/mol. The minimum atomic E-state index is -0.443. The molecule has 2 amide bonds. The van der Waals surface area contributed by atoms with Gasteiger partial charge in [-0.05, 0) is 62.7 Å². The third-order valence-corrected chi connectivity index (χ3v) is 5.69. The van der Waals surface area contributed by atoms with Crippen LogP contribution in [-0.4, -0.2) is 23.9 Å². The lowest BCUT2D eigenvalue weighted by atomic mass is 9.53. The Balaban J connectivity index is 1.51. The molecule has 118 valence electrons. The number of carbonyl (C=O) groups is 2. The largest absolute Gasteiger partial charge is 0.348 e. The summed E-state index contributed by atoms with van der Waals surface area (Å²) in [4.78, 5) is 24.1. The van der Waals surface area contributed by atoms with Crippen molar-refractivity contribution in [2.45, 2.75) is 70.3 Å². The van der Waals surface area contributed by atoms with E-state index in [2.05, 4.69) is 17.6 Å². The van der Waals surface area contributed by atoms with Gasteiger partial charge in [0.15, 0.2) is 0 Å².